The number of rotatable bonds is 6. The first kappa shape index (κ1) is 20.2. The first-order chi connectivity index (χ1) is 14.1. The highest BCUT2D eigenvalue weighted by atomic mass is 16.6. The highest BCUT2D eigenvalue weighted by Gasteiger charge is 2.22. The van der Waals surface area contributed by atoms with Crippen LogP contribution in [0.2, 0.25) is 0 Å². The van der Waals surface area contributed by atoms with Crippen LogP contribution in [-0.4, -0.2) is 60.1 Å². The molecule has 2 aromatic rings. The molecular weight excluding hydrogens is 378 g/mol. The van der Waals surface area contributed by atoms with E-state index >= 15 is 0 Å². The number of ether oxygens (including phenoxy) is 3. The maximum atomic E-state index is 11.9. The number of anilines is 1. The van der Waals surface area contributed by atoms with E-state index < -0.39 is 12.2 Å². The maximum Gasteiger partial charge on any atom is 0.421 e. The molecule has 1 N–H and O–H groups in total. The summed E-state index contributed by atoms with van der Waals surface area (Å²) in [6.45, 7) is 1.98. The lowest BCUT2D eigenvalue weighted by Crippen LogP contribution is -2.31. The Hall–Kier alpha value is -3.58. The van der Waals surface area contributed by atoms with E-state index in [0.29, 0.717) is 43.3 Å². The summed E-state index contributed by atoms with van der Waals surface area (Å²) in [6.07, 6.45) is 3.16. The molecule has 29 heavy (non-hydrogen) atoms. The third-order valence-electron chi connectivity index (χ3n) is 4.28. The van der Waals surface area contributed by atoms with Crippen molar-refractivity contribution < 1.29 is 23.8 Å². The fourth-order valence-electron chi connectivity index (χ4n) is 2.84. The lowest BCUT2D eigenvalue weighted by molar-refractivity contribution is 0.132. The summed E-state index contributed by atoms with van der Waals surface area (Å²) < 4.78 is 16.9. The number of carbonyl (C=O) groups excluding carboxylic acids is 2. The van der Waals surface area contributed by atoms with E-state index in [1.807, 2.05) is 0 Å². The second kappa shape index (κ2) is 9.57. The van der Waals surface area contributed by atoms with Gasteiger partial charge < -0.3 is 23.7 Å². The van der Waals surface area contributed by atoms with E-state index in [4.69, 9.17) is 14.2 Å². The lowest BCUT2D eigenvalue weighted by atomic mass is 10.2. The molecule has 1 aromatic heterocycles. The molecule has 1 saturated heterocycles. The van der Waals surface area contributed by atoms with Gasteiger partial charge in [0, 0.05) is 26.3 Å². The van der Waals surface area contributed by atoms with Crippen molar-refractivity contribution in [2.45, 2.75) is 12.8 Å². The predicted molar refractivity (Wildman–Crippen MR) is 102 cm³/mol. The SMILES string of the molecule is COCCOc1ccc(C#N)c(-n2cnc(NC(=O)OC(=O)N3CCCC3)c2)c1. The minimum atomic E-state index is -0.913. The van der Waals surface area contributed by atoms with Crippen LogP contribution in [0, 0.1) is 11.3 Å². The molecule has 2 heterocycles. The van der Waals surface area contributed by atoms with Crippen LogP contribution < -0.4 is 10.1 Å². The third-order valence-corrected chi connectivity index (χ3v) is 4.28. The second-order valence-corrected chi connectivity index (χ2v) is 6.27. The van der Waals surface area contributed by atoms with Gasteiger partial charge in [0.2, 0.25) is 0 Å². The van der Waals surface area contributed by atoms with E-state index in [9.17, 15) is 14.9 Å². The molecule has 0 atom stereocenters. The summed E-state index contributed by atoms with van der Waals surface area (Å²) >= 11 is 0. The average molecular weight is 399 g/mol. The number of aromatic nitrogens is 2. The molecule has 3 rings (SSSR count). The molecule has 10 heteroatoms. The Morgan fingerprint density at radius 2 is 2.07 bits per heavy atom. The van der Waals surface area contributed by atoms with Gasteiger partial charge in [-0.05, 0) is 25.0 Å². The molecule has 0 unspecified atom stereocenters. The largest absolute Gasteiger partial charge is 0.491 e. The zero-order valence-electron chi connectivity index (χ0n) is 16.0. The number of likely N-dealkylation sites (tertiary alicyclic amines) is 1. The highest BCUT2D eigenvalue weighted by Crippen LogP contribution is 2.22. The molecule has 1 fully saturated rings. The number of methoxy groups -OCH3 is 1. The van der Waals surface area contributed by atoms with E-state index in [1.54, 1.807) is 29.9 Å². The zero-order chi connectivity index (χ0) is 20.6. The third kappa shape index (κ3) is 5.24. The van der Waals surface area contributed by atoms with E-state index in [-0.39, 0.29) is 5.82 Å². The molecule has 0 saturated carbocycles. The quantitative estimate of drug-likeness (QED) is 0.585. The molecule has 2 amide bonds. The minimum Gasteiger partial charge on any atom is -0.491 e. The van der Waals surface area contributed by atoms with Gasteiger partial charge in [-0.25, -0.2) is 14.6 Å². The van der Waals surface area contributed by atoms with Crippen molar-refractivity contribution in [3.8, 4) is 17.5 Å². The van der Waals surface area contributed by atoms with E-state index in [0.717, 1.165) is 12.8 Å². The molecule has 0 bridgehead atoms. The summed E-state index contributed by atoms with van der Waals surface area (Å²) in [5, 5.41) is 11.8. The smallest absolute Gasteiger partial charge is 0.421 e. The van der Waals surface area contributed by atoms with Crippen molar-refractivity contribution in [3.63, 3.8) is 0 Å². The molecule has 0 aliphatic carbocycles. The van der Waals surface area contributed by atoms with Crippen molar-refractivity contribution >= 4 is 18.0 Å². The van der Waals surface area contributed by atoms with Crippen molar-refractivity contribution in [1.82, 2.24) is 14.5 Å². The van der Waals surface area contributed by atoms with Crippen LogP contribution in [0.1, 0.15) is 18.4 Å². The average Bonchev–Trinajstić information content (AvgIpc) is 3.40. The molecule has 10 nitrogen and oxygen atoms in total. The Balaban J connectivity index is 1.67. The topological polar surface area (TPSA) is 119 Å². The first-order valence-electron chi connectivity index (χ1n) is 9.08. The molecular formula is C19H21N5O5. The van der Waals surface area contributed by atoms with Crippen molar-refractivity contribution in [2.75, 3.05) is 38.7 Å². The fourth-order valence-corrected chi connectivity index (χ4v) is 2.84. The van der Waals surface area contributed by atoms with Crippen LogP contribution in [0.15, 0.2) is 30.7 Å². The summed E-state index contributed by atoms with van der Waals surface area (Å²) in [5.74, 6) is 0.744. The van der Waals surface area contributed by atoms with Crippen LogP contribution in [0.3, 0.4) is 0 Å². The Labute approximate surface area is 167 Å². The first-order valence-corrected chi connectivity index (χ1v) is 9.08. The molecule has 1 aromatic carbocycles. The molecule has 1 aliphatic rings. The Morgan fingerprint density at radius 1 is 1.28 bits per heavy atom. The number of hydrogen-bond donors (Lipinski definition) is 1. The molecule has 0 radical (unpaired) electrons. The standard InChI is InChI=1S/C19H21N5O5/c1-27-8-9-28-15-5-4-14(11-20)16(10-15)24-12-17(21-13-24)22-18(25)29-19(26)23-6-2-3-7-23/h4-5,10,12-13H,2-3,6-9H2,1H3,(H,22,25). The van der Waals surface area contributed by atoms with Crippen LogP contribution >= 0.6 is 0 Å². The number of amides is 2. The fraction of sp³-hybridized carbons (Fsp3) is 0.368. The van der Waals surface area contributed by atoms with Gasteiger partial charge in [-0.15, -0.1) is 0 Å². The molecule has 1 aliphatic heterocycles. The Morgan fingerprint density at radius 3 is 2.79 bits per heavy atom. The Bertz CT molecular complexity index is 914. The number of hydrogen-bond acceptors (Lipinski definition) is 7. The lowest BCUT2D eigenvalue weighted by Gasteiger charge is -2.13. The number of nitriles is 1. The molecule has 152 valence electrons. The van der Waals surface area contributed by atoms with Gasteiger partial charge in [0.1, 0.15) is 24.8 Å². The number of benzene rings is 1. The van der Waals surface area contributed by atoms with E-state index in [1.165, 1.54) is 17.4 Å². The van der Waals surface area contributed by atoms with Gasteiger partial charge in [0.05, 0.1) is 24.1 Å². The van der Waals surface area contributed by atoms with E-state index in [2.05, 4.69) is 16.4 Å². The van der Waals surface area contributed by atoms with Crippen LogP contribution in [0.5, 0.6) is 5.75 Å². The zero-order valence-corrected chi connectivity index (χ0v) is 16.0. The Kier molecular flexibility index (Phi) is 6.65. The molecule has 0 spiro atoms. The van der Waals surface area contributed by atoms with Gasteiger partial charge in [0.15, 0.2) is 5.82 Å². The summed E-state index contributed by atoms with van der Waals surface area (Å²) in [4.78, 5) is 29.3. The summed E-state index contributed by atoms with van der Waals surface area (Å²) in [5.41, 5.74) is 0.935. The number of nitrogens with zero attached hydrogens (tertiary/aromatic N) is 4. The number of carbonyl (C=O) groups is 2. The number of imidazole rings is 1. The van der Waals surface area contributed by atoms with Gasteiger partial charge in [-0.1, -0.05) is 0 Å². The summed E-state index contributed by atoms with van der Waals surface area (Å²) in [7, 11) is 1.58. The predicted octanol–water partition coefficient (Wildman–Crippen LogP) is 2.53. The monoisotopic (exact) mass is 399 g/mol. The number of nitrogens with one attached hydrogen (secondary N) is 1. The van der Waals surface area contributed by atoms with Crippen molar-refractivity contribution in [3.05, 3.63) is 36.3 Å². The minimum absolute atomic E-state index is 0.179. The normalized spacial score (nSPS) is 13.0. The van der Waals surface area contributed by atoms with Crippen LogP contribution in [-0.2, 0) is 9.47 Å². The van der Waals surface area contributed by atoms with Crippen LogP contribution in [0.4, 0.5) is 15.4 Å². The highest BCUT2D eigenvalue weighted by molar-refractivity contribution is 5.91. The van der Waals surface area contributed by atoms with Gasteiger partial charge in [-0.2, -0.15) is 5.26 Å². The second-order valence-electron chi connectivity index (χ2n) is 6.27. The summed E-state index contributed by atoms with van der Waals surface area (Å²) in [6, 6.07) is 7.12. The van der Waals surface area contributed by atoms with Gasteiger partial charge in [-0.3, -0.25) is 5.32 Å². The van der Waals surface area contributed by atoms with Crippen molar-refractivity contribution in [2.24, 2.45) is 0 Å². The van der Waals surface area contributed by atoms with Gasteiger partial charge in [0.25, 0.3) is 0 Å². The van der Waals surface area contributed by atoms with Crippen LogP contribution in [0.25, 0.3) is 5.69 Å². The van der Waals surface area contributed by atoms with Crippen molar-refractivity contribution in [1.29, 1.82) is 5.26 Å². The van der Waals surface area contributed by atoms with Gasteiger partial charge >= 0.3 is 12.2 Å². The maximum absolute atomic E-state index is 11.9.